The highest BCUT2D eigenvalue weighted by molar-refractivity contribution is 5.90. The summed E-state index contributed by atoms with van der Waals surface area (Å²) in [6.07, 6.45) is 4.19. The van der Waals surface area contributed by atoms with Crippen molar-refractivity contribution in [3.63, 3.8) is 0 Å². The monoisotopic (exact) mass is 352 g/mol. The lowest BCUT2D eigenvalue weighted by Crippen LogP contribution is -2.29. The summed E-state index contributed by atoms with van der Waals surface area (Å²) in [5, 5.41) is 2.94. The van der Waals surface area contributed by atoms with Gasteiger partial charge in [0, 0.05) is 24.5 Å². The van der Waals surface area contributed by atoms with Gasteiger partial charge in [0.1, 0.15) is 5.75 Å². The second-order valence-corrected chi connectivity index (χ2v) is 6.99. The molecule has 1 N–H and O–H groups in total. The van der Waals surface area contributed by atoms with Crippen LogP contribution in [-0.4, -0.2) is 25.6 Å². The number of rotatable bonds is 6. The molecule has 0 unspecified atom stereocenters. The highest BCUT2D eigenvalue weighted by atomic mass is 16.5. The summed E-state index contributed by atoms with van der Waals surface area (Å²) >= 11 is 0. The van der Waals surface area contributed by atoms with Crippen molar-refractivity contribution in [2.45, 2.75) is 39.5 Å². The summed E-state index contributed by atoms with van der Waals surface area (Å²) in [7, 11) is 0. The van der Waals surface area contributed by atoms with Crippen LogP contribution in [0.4, 0.5) is 11.4 Å². The van der Waals surface area contributed by atoms with Gasteiger partial charge < -0.3 is 15.0 Å². The summed E-state index contributed by atoms with van der Waals surface area (Å²) in [5.41, 5.74) is 4.51. The van der Waals surface area contributed by atoms with Crippen molar-refractivity contribution in [1.82, 2.24) is 0 Å². The molecule has 1 fully saturated rings. The molecule has 0 saturated carbocycles. The standard InChI is InChI=1S/C22H28N2O2/c1-17-6-11-21(16-18(17)2)26-15-12-22(25)23-19-7-9-20(10-8-19)24-13-4-3-5-14-24/h6-11,16H,3-5,12-15H2,1-2H3,(H,23,25). The molecule has 3 rings (SSSR count). The van der Waals surface area contributed by atoms with Gasteiger partial charge >= 0.3 is 0 Å². The zero-order valence-electron chi connectivity index (χ0n) is 15.8. The lowest BCUT2D eigenvalue weighted by Gasteiger charge is -2.28. The number of nitrogens with zero attached hydrogens (tertiary/aromatic N) is 1. The molecule has 2 aromatic rings. The number of ether oxygens (including phenoxy) is 1. The SMILES string of the molecule is Cc1ccc(OCCC(=O)Nc2ccc(N3CCCCC3)cc2)cc1C. The van der Waals surface area contributed by atoms with Crippen LogP contribution >= 0.6 is 0 Å². The number of benzene rings is 2. The minimum absolute atomic E-state index is 0.0282. The quantitative estimate of drug-likeness (QED) is 0.819. The second-order valence-electron chi connectivity index (χ2n) is 6.99. The fourth-order valence-corrected chi connectivity index (χ4v) is 3.20. The molecule has 0 radical (unpaired) electrons. The first-order chi connectivity index (χ1) is 12.6. The van der Waals surface area contributed by atoms with E-state index in [1.54, 1.807) is 0 Å². The molecule has 1 amide bonds. The van der Waals surface area contributed by atoms with Crippen LogP contribution in [0, 0.1) is 13.8 Å². The number of aryl methyl sites for hydroxylation is 2. The van der Waals surface area contributed by atoms with Gasteiger partial charge in [0.15, 0.2) is 0 Å². The van der Waals surface area contributed by atoms with Crippen molar-refractivity contribution in [1.29, 1.82) is 0 Å². The molecule has 0 atom stereocenters. The molecule has 1 aliphatic rings. The van der Waals surface area contributed by atoms with Crippen molar-refractivity contribution < 1.29 is 9.53 Å². The maximum atomic E-state index is 12.1. The number of hydrogen-bond donors (Lipinski definition) is 1. The van der Waals surface area contributed by atoms with Gasteiger partial charge in [-0.1, -0.05) is 6.07 Å². The second kappa shape index (κ2) is 8.75. The zero-order valence-corrected chi connectivity index (χ0v) is 15.8. The Morgan fingerprint density at radius 1 is 1.00 bits per heavy atom. The molecule has 1 saturated heterocycles. The predicted octanol–water partition coefficient (Wildman–Crippen LogP) is 4.70. The minimum Gasteiger partial charge on any atom is -0.493 e. The molecular weight excluding hydrogens is 324 g/mol. The minimum atomic E-state index is -0.0282. The van der Waals surface area contributed by atoms with Crippen molar-refractivity contribution in [3.05, 3.63) is 53.6 Å². The van der Waals surface area contributed by atoms with Crippen molar-refractivity contribution in [3.8, 4) is 5.75 Å². The predicted molar refractivity (Wildman–Crippen MR) is 107 cm³/mol. The van der Waals surface area contributed by atoms with E-state index < -0.39 is 0 Å². The Kier molecular flexibility index (Phi) is 6.16. The molecule has 138 valence electrons. The van der Waals surface area contributed by atoms with Gasteiger partial charge in [-0.15, -0.1) is 0 Å². The molecule has 0 aliphatic carbocycles. The molecule has 0 bridgehead atoms. The molecule has 2 aromatic carbocycles. The van der Waals surface area contributed by atoms with E-state index in [9.17, 15) is 4.79 Å². The van der Waals surface area contributed by atoms with Crippen LogP contribution in [0.3, 0.4) is 0 Å². The van der Waals surface area contributed by atoms with Gasteiger partial charge in [0.25, 0.3) is 0 Å². The third-order valence-electron chi connectivity index (χ3n) is 4.95. The van der Waals surface area contributed by atoms with Crippen LogP contribution in [0.15, 0.2) is 42.5 Å². The van der Waals surface area contributed by atoms with E-state index in [4.69, 9.17) is 4.74 Å². The van der Waals surface area contributed by atoms with Crippen LogP contribution in [-0.2, 0) is 4.79 Å². The van der Waals surface area contributed by atoms with E-state index in [0.29, 0.717) is 13.0 Å². The maximum absolute atomic E-state index is 12.1. The number of carbonyl (C=O) groups excluding carboxylic acids is 1. The first-order valence-corrected chi connectivity index (χ1v) is 9.47. The van der Waals surface area contributed by atoms with Gasteiger partial charge in [0.2, 0.25) is 5.91 Å². The summed E-state index contributed by atoms with van der Waals surface area (Å²) in [6.45, 7) is 6.76. The topological polar surface area (TPSA) is 41.6 Å². The van der Waals surface area contributed by atoms with Crippen molar-refractivity contribution >= 4 is 17.3 Å². The summed E-state index contributed by atoms with van der Waals surface area (Å²) < 4.78 is 5.68. The third kappa shape index (κ3) is 5.01. The highest BCUT2D eigenvalue weighted by Gasteiger charge is 2.11. The Bertz CT molecular complexity index is 734. The molecule has 0 spiro atoms. The average molecular weight is 352 g/mol. The van der Waals surface area contributed by atoms with Crippen LogP contribution in [0.1, 0.15) is 36.8 Å². The summed E-state index contributed by atoms with van der Waals surface area (Å²) in [6, 6.07) is 14.1. The van der Waals surface area contributed by atoms with E-state index in [1.165, 1.54) is 36.1 Å². The van der Waals surface area contributed by atoms with Gasteiger partial charge in [0.05, 0.1) is 13.0 Å². The number of anilines is 2. The molecule has 4 heteroatoms. The molecule has 0 aromatic heterocycles. The van der Waals surface area contributed by atoms with Gasteiger partial charge in [-0.05, 0) is 80.6 Å². The van der Waals surface area contributed by atoms with E-state index >= 15 is 0 Å². The molecule has 26 heavy (non-hydrogen) atoms. The number of nitrogens with one attached hydrogen (secondary N) is 1. The van der Waals surface area contributed by atoms with Crippen LogP contribution in [0.5, 0.6) is 5.75 Å². The van der Waals surface area contributed by atoms with Gasteiger partial charge in [-0.3, -0.25) is 4.79 Å². The van der Waals surface area contributed by atoms with E-state index in [2.05, 4.69) is 36.2 Å². The van der Waals surface area contributed by atoms with Gasteiger partial charge in [-0.25, -0.2) is 0 Å². The van der Waals surface area contributed by atoms with Crippen molar-refractivity contribution in [2.24, 2.45) is 0 Å². The maximum Gasteiger partial charge on any atom is 0.227 e. The molecular formula is C22H28N2O2. The smallest absolute Gasteiger partial charge is 0.227 e. The first-order valence-electron chi connectivity index (χ1n) is 9.47. The first kappa shape index (κ1) is 18.3. The van der Waals surface area contributed by atoms with Crippen LogP contribution in [0.2, 0.25) is 0 Å². The summed E-state index contributed by atoms with van der Waals surface area (Å²) in [4.78, 5) is 14.5. The largest absolute Gasteiger partial charge is 0.493 e. The summed E-state index contributed by atoms with van der Waals surface area (Å²) in [5.74, 6) is 0.784. The lowest BCUT2D eigenvalue weighted by atomic mass is 10.1. The Hall–Kier alpha value is -2.49. The fourth-order valence-electron chi connectivity index (χ4n) is 3.20. The van der Waals surface area contributed by atoms with Crippen LogP contribution in [0.25, 0.3) is 0 Å². The van der Waals surface area contributed by atoms with E-state index in [-0.39, 0.29) is 5.91 Å². The lowest BCUT2D eigenvalue weighted by molar-refractivity contribution is -0.116. The molecule has 4 nitrogen and oxygen atoms in total. The van der Waals surface area contributed by atoms with Crippen LogP contribution < -0.4 is 15.0 Å². The Labute approximate surface area is 156 Å². The normalized spacial score (nSPS) is 14.2. The molecule has 1 heterocycles. The molecule has 1 aliphatic heterocycles. The van der Waals surface area contributed by atoms with E-state index in [0.717, 1.165) is 24.5 Å². The fraction of sp³-hybridized carbons (Fsp3) is 0.409. The van der Waals surface area contributed by atoms with E-state index in [1.807, 2.05) is 30.3 Å². The average Bonchev–Trinajstić information content (AvgIpc) is 2.66. The van der Waals surface area contributed by atoms with Crippen molar-refractivity contribution in [2.75, 3.05) is 29.9 Å². The Morgan fingerprint density at radius 2 is 1.73 bits per heavy atom. The Balaban J connectivity index is 1.44. The number of piperidine rings is 1. The zero-order chi connectivity index (χ0) is 18.4. The Morgan fingerprint density at radius 3 is 2.42 bits per heavy atom. The number of carbonyl (C=O) groups is 1. The number of amides is 1. The highest BCUT2D eigenvalue weighted by Crippen LogP contribution is 2.22. The van der Waals surface area contributed by atoms with Gasteiger partial charge in [-0.2, -0.15) is 0 Å². The third-order valence-corrected chi connectivity index (χ3v) is 4.95. The number of hydrogen-bond acceptors (Lipinski definition) is 3.